The van der Waals surface area contributed by atoms with Crippen LogP contribution in [0.1, 0.15) is 5.56 Å². The van der Waals surface area contributed by atoms with Crippen LogP contribution in [0, 0.1) is 0 Å². The first kappa shape index (κ1) is 14.7. The average Bonchev–Trinajstić information content (AvgIpc) is 2.39. The number of carbonyl (C=O) groups excluding carboxylic acids is 1. The molecule has 18 heavy (non-hydrogen) atoms. The number of methoxy groups -OCH3 is 2. The van der Waals surface area contributed by atoms with Crippen molar-refractivity contribution in [1.29, 1.82) is 0 Å². The maximum Gasteiger partial charge on any atom is 0.244 e. The fourth-order valence-corrected chi connectivity index (χ4v) is 1.38. The van der Waals surface area contributed by atoms with Crippen molar-refractivity contribution in [3.63, 3.8) is 0 Å². The molecule has 4 nitrogen and oxygen atoms in total. The minimum absolute atomic E-state index is 0.205. The number of hydrogen-bond acceptors (Lipinski definition) is 3. The van der Waals surface area contributed by atoms with Crippen molar-refractivity contribution in [2.75, 3.05) is 20.8 Å². The lowest BCUT2D eigenvalue weighted by Gasteiger charge is -2.12. The lowest BCUT2D eigenvalue weighted by molar-refractivity contribution is -0.123. The number of ether oxygens (including phenoxy) is 2. The standard InChI is InChI=1S/C13H16ClNO3/c1-17-13(18-2)9-15-12(16)8-5-10-3-6-11(14)7-4-10/h3-8,13H,9H2,1-2H3,(H,15,16)/b8-5+. The van der Waals surface area contributed by atoms with E-state index < -0.39 is 6.29 Å². The van der Waals surface area contributed by atoms with Crippen molar-refractivity contribution in [3.8, 4) is 0 Å². The van der Waals surface area contributed by atoms with Crippen molar-refractivity contribution in [2.24, 2.45) is 0 Å². The van der Waals surface area contributed by atoms with Crippen LogP contribution in [0.15, 0.2) is 30.3 Å². The molecule has 1 N–H and O–H groups in total. The van der Waals surface area contributed by atoms with Gasteiger partial charge in [0.2, 0.25) is 5.91 Å². The molecular weight excluding hydrogens is 254 g/mol. The zero-order chi connectivity index (χ0) is 13.4. The van der Waals surface area contributed by atoms with Crippen LogP contribution in [0.25, 0.3) is 6.08 Å². The molecule has 0 aliphatic heterocycles. The third-order valence-corrected chi connectivity index (χ3v) is 2.52. The molecule has 0 aliphatic carbocycles. The van der Waals surface area contributed by atoms with Gasteiger partial charge in [-0.25, -0.2) is 0 Å². The summed E-state index contributed by atoms with van der Waals surface area (Å²) in [5, 5.41) is 3.33. The lowest BCUT2D eigenvalue weighted by Crippen LogP contribution is -2.33. The Hall–Kier alpha value is -1.36. The highest BCUT2D eigenvalue weighted by molar-refractivity contribution is 6.30. The fourth-order valence-electron chi connectivity index (χ4n) is 1.25. The molecule has 0 aliphatic rings. The van der Waals surface area contributed by atoms with E-state index >= 15 is 0 Å². The van der Waals surface area contributed by atoms with Crippen LogP contribution in [-0.4, -0.2) is 33.0 Å². The number of nitrogens with one attached hydrogen (secondary N) is 1. The number of hydrogen-bond donors (Lipinski definition) is 1. The second-order valence-electron chi connectivity index (χ2n) is 3.53. The molecule has 0 saturated carbocycles. The summed E-state index contributed by atoms with van der Waals surface area (Å²) in [4.78, 5) is 11.5. The minimum atomic E-state index is -0.433. The minimum Gasteiger partial charge on any atom is -0.354 e. The Labute approximate surface area is 112 Å². The number of halogens is 1. The normalized spacial score (nSPS) is 11.1. The van der Waals surface area contributed by atoms with Gasteiger partial charge in [-0.05, 0) is 23.8 Å². The maximum atomic E-state index is 11.5. The number of amides is 1. The maximum absolute atomic E-state index is 11.5. The van der Waals surface area contributed by atoms with Gasteiger partial charge in [0.15, 0.2) is 6.29 Å². The van der Waals surface area contributed by atoms with Gasteiger partial charge >= 0.3 is 0 Å². The first-order chi connectivity index (χ1) is 8.65. The molecule has 0 radical (unpaired) electrons. The predicted octanol–water partition coefficient (Wildman–Crippen LogP) is 2.09. The SMILES string of the molecule is COC(CNC(=O)/C=C/c1ccc(Cl)cc1)OC. The highest BCUT2D eigenvalue weighted by Gasteiger charge is 2.05. The summed E-state index contributed by atoms with van der Waals surface area (Å²) in [6.45, 7) is 0.302. The second-order valence-corrected chi connectivity index (χ2v) is 3.97. The van der Waals surface area contributed by atoms with Crippen LogP contribution >= 0.6 is 11.6 Å². The van der Waals surface area contributed by atoms with Gasteiger partial charge in [0.05, 0.1) is 6.54 Å². The molecule has 1 amide bonds. The summed E-state index contributed by atoms with van der Waals surface area (Å²) < 4.78 is 9.90. The van der Waals surface area contributed by atoms with E-state index in [-0.39, 0.29) is 5.91 Å². The van der Waals surface area contributed by atoms with Gasteiger partial charge in [0.25, 0.3) is 0 Å². The van der Waals surface area contributed by atoms with E-state index in [9.17, 15) is 4.79 Å². The Bertz CT molecular complexity index is 399. The smallest absolute Gasteiger partial charge is 0.244 e. The van der Waals surface area contributed by atoms with Crippen molar-refractivity contribution in [1.82, 2.24) is 5.32 Å². The van der Waals surface area contributed by atoms with Gasteiger partial charge < -0.3 is 14.8 Å². The van der Waals surface area contributed by atoms with E-state index in [0.717, 1.165) is 5.56 Å². The van der Waals surface area contributed by atoms with Crippen LogP contribution in [0.4, 0.5) is 0 Å². The molecule has 1 aromatic carbocycles. The molecule has 1 aromatic rings. The van der Waals surface area contributed by atoms with Crippen LogP contribution < -0.4 is 5.32 Å². The zero-order valence-electron chi connectivity index (χ0n) is 10.4. The van der Waals surface area contributed by atoms with Crippen LogP contribution in [0.3, 0.4) is 0 Å². The Morgan fingerprint density at radius 1 is 1.33 bits per heavy atom. The first-order valence-electron chi connectivity index (χ1n) is 5.42. The molecule has 98 valence electrons. The quantitative estimate of drug-likeness (QED) is 0.635. The van der Waals surface area contributed by atoms with E-state index in [1.165, 1.54) is 20.3 Å². The number of rotatable bonds is 6. The molecule has 0 bridgehead atoms. The van der Waals surface area contributed by atoms with Crippen LogP contribution in [-0.2, 0) is 14.3 Å². The highest BCUT2D eigenvalue weighted by atomic mass is 35.5. The topological polar surface area (TPSA) is 47.6 Å². The van der Waals surface area contributed by atoms with E-state index in [0.29, 0.717) is 11.6 Å². The van der Waals surface area contributed by atoms with Crippen molar-refractivity contribution in [2.45, 2.75) is 6.29 Å². The zero-order valence-corrected chi connectivity index (χ0v) is 11.1. The summed E-state index contributed by atoms with van der Waals surface area (Å²) in [6.07, 6.45) is 2.73. The van der Waals surface area contributed by atoms with E-state index in [1.54, 1.807) is 18.2 Å². The molecule has 0 heterocycles. The molecule has 0 spiro atoms. The van der Waals surface area contributed by atoms with Crippen LogP contribution in [0.2, 0.25) is 5.02 Å². The molecule has 0 saturated heterocycles. The third-order valence-electron chi connectivity index (χ3n) is 2.27. The Morgan fingerprint density at radius 2 is 1.94 bits per heavy atom. The monoisotopic (exact) mass is 269 g/mol. The van der Waals surface area contributed by atoms with E-state index in [2.05, 4.69) is 5.32 Å². The van der Waals surface area contributed by atoms with Crippen molar-refractivity contribution >= 4 is 23.6 Å². The van der Waals surface area contributed by atoms with Crippen molar-refractivity contribution in [3.05, 3.63) is 40.9 Å². The van der Waals surface area contributed by atoms with Gasteiger partial charge in [-0.15, -0.1) is 0 Å². The molecular formula is C13H16ClNO3. The Balaban J connectivity index is 2.42. The Morgan fingerprint density at radius 3 is 2.50 bits per heavy atom. The third kappa shape index (κ3) is 5.31. The predicted molar refractivity (Wildman–Crippen MR) is 71.3 cm³/mol. The van der Waals surface area contributed by atoms with Gasteiger partial charge in [-0.2, -0.15) is 0 Å². The first-order valence-corrected chi connectivity index (χ1v) is 5.80. The number of benzene rings is 1. The van der Waals surface area contributed by atoms with Gasteiger partial charge in [-0.3, -0.25) is 4.79 Å². The summed E-state index contributed by atoms with van der Waals surface area (Å²) in [5.74, 6) is -0.205. The molecule has 0 atom stereocenters. The fraction of sp³-hybridized carbons (Fsp3) is 0.308. The van der Waals surface area contributed by atoms with E-state index in [1.807, 2.05) is 12.1 Å². The summed E-state index contributed by atoms with van der Waals surface area (Å²) in [6, 6.07) is 7.20. The van der Waals surface area contributed by atoms with Gasteiger partial charge in [0, 0.05) is 25.3 Å². The van der Waals surface area contributed by atoms with E-state index in [4.69, 9.17) is 21.1 Å². The highest BCUT2D eigenvalue weighted by Crippen LogP contribution is 2.10. The summed E-state index contributed by atoms with van der Waals surface area (Å²) in [7, 11) is 3.04. The average molecular weight is 270 g/mol. The summed E-state index contributed by atoms with van der Waals surface area (Å²) in [5.41, 5.74) is 0.907. The molecule has 0 unspecified atom stereocenters. The Kier molecular flexibility index (Phi) is 6.43. The molecule has 0 fully saturated rings. The van der Waals surface area contributed by atoms with Gasteiger partial charge in [-0.1, -0.05) is 23.7 Å². The van der Waals surface area contributed by atoms with Gasteiger partial charge in [0.1, 0.15) is 0 Å². The summed E-state index contributed by atoms with van der Waals surface area (Å²) >= 11 is 5.76. The largest absolute Gasteiger partial charge is 0.354 e. The lowest BCUT2D eigenvalue weighted by atomic mass is 10.2. The molecule has 1 rings (SSSR count). The molecule has 0 aromatic heterocycles. The molecule has 5 heteroatoms. The number of carbonyl (C=O) groups is 1. The second kappa shape index (κ2) is 7.87. The van der Waals surface area contributed by atoms with Crippen LogP contribution in [0.5, 0.6) is 0 Å². The van der Waals surface area contributed by atoms with Crippen molar-refractivity contribution < 1.29 is 14.3 Å².